The van der Waals surface area contributed by atoms with E-state index < -0.39 is 0 Å². The lowest BCUT2D eigenvalue weighted by atomic mass is 9.87. The lowest BCUT2D eigenvalue weighted by molar-refractivity contribution is 0.347. The fraction of sp³-hybridized carbons (Fsp3) is 0.533. The van der Waals surface area contributed by atoms with Crippen LogP contribution in [0.4, 0.5) is 5.69 Å². The minimum Gasteiger partial charge on any atom is -0.497 e. The summed E-state index contributed by atoms with van der Waals surface area (Å²) in [6.45, 7) is 7.50. The first-order valence-electron chi connectivity index (χ1n) is 6.64. The number of methoxy groups -OCH3 is 1. The third-order valence-corrected chi connectivity index (χ3v) is 3.27. The molecule has 1 aliphatic rings. The minimum absolute atomic E-state index is 0.259. The van der Waals surface area contributed by atoms with Crippen molar-refractivity contribution in [1.29, 1.82) is 0 Å². The number of ether oxygens (including phenoxy) is 1. The van der Waals surface area contributed by atoms with Crippen molar-refractivity contribution in [2.24, 2.45) is 16.1 Å². The fourth-order valence-corrected chi connectivity index (χ4v) is 2.49. The van der Waals surface area contributed by atoms with Crippen molar-refractivity contribution < 1.29 is 4.74 Å². The summed E-state index contributed by atoms with van der Waals surface area (Å²) in [4.78, 5) is 6.52. The number of benzene rings is 1. The number of guanidine groups is 1. The predicted molar refractivity (Wildman–Crippen MR) is 79.8 cm³/mol. The van der Waals surface area contributed by atoms with E-state index in [2.05, 4.69) is 30.7 Å². The van der Waals surface area contributed by atoms with Crippen LogP contribution in [0.2, 0.25) is 0 Å². The molecule has 2 rings (SSSR count). The molecule has 19 heavy (non-hydrogen) atoms. The predicted octanol–water partition coefficient (Wildman–Crippen LogP) is 2.63. The molecule has 1 aromatic carbocycles. The molecule has 0 bridgehead atoms. The number of nitrogens with two attached hydrogens (primary N) is 1. The molecule has 0 fully saturated rings. The highest BCUT2D eigenvalue weighted by Crippen LogP contribution is 2.30. The van der Waals surface area contributed by atoms with Crippen LogP contribution in [0.25, 0.3) is 0 Å². The molecule has 2 N–H and O–H groups in total. The highest BCUT2D eigenvalue weighted by molar-refractivity contribution is 5.97. The van der Waals surface area contributed by atoms with Gasteiger partial charge in [-0.15, -0.1) is 0 Å². The van der Waals surface area contributed by atoms with E-state index >= 15 is 0 Å². The van der Waals surface area contributed by atoms with Crippen LogP contribution in [0.3, 0.4) is 0 Å². The maximum absolute atomic E-state index is 6.04. The smallest absolute Gasteiger partial charge is 0.196 e. The molecule has 1 aliphatic heterocycles. The van der Waals surface area contributed by atoms with Crippen LogP contribution in [0.1, 0.15) is 27.2 Å². The van der Waals surface area contributed by atoms with E-state index in [0.29, 0.717) is 12.0 Å². The Labute approximate surface area is 115 Å². The maximum atomic E-state index is 6.04. The van der Waals surface area contributed by atoms with Gasteiger partial charge in [-0.25, -0.2) is 0 Å². The van der Waals surface area contributed by atoms with Gasteiger partial charge in [-0.3, -0.25) is 4.99 Å². The average Bonchev–Trinajstić information content (AvgIpc) is 2.68. The zero-order valence-corrected chi connectivity index (χ0v) is 12.2. The van der Waals surface area contributed by atoms with E-state index in [1.165, 1.54) is 0 Å². The van der Waals surface area contributed by atoms with Crippen molar-refractivity contribution in [3.8, 4) is 5.75 Å². The van der Waals surface area contributed by atoms with Gasteiger partial charge < -0.3 is 15.4 Å². The van der Waals surface area contributed by atoms with Crippen molar-refractivity contribution >= 4 is 11.6 Å². The second-order valence-corrected chi connectivity index (χ2v) is 6.19. The van der Waals surface area contributed by atoms with Crippen LogP contribution in [0.15, 0.2) is 29.3 Å². The van der Waals surface area contributed by atoms with Crippen molar-refractivity contribution in [3.63, 3.8) is 0 Å². The van der Waals surface area contributed by atoms with Gasteiger partial charge in [-0.05, 0) is 36.1 Å². The molecule has 0 aromatic heterocycles. The van der Waals surface area contributed by atoms with Crippen LogP contribution in [-0.4, -0.2) is 25.7 Å². The van der Waals surface area contributed by atoms with E-state index in [-0.39, 0.29) is 5.41 Å². The highest BCUT2D eigenvalue weighted by atomic mass is 16.5. The third-order valence-electron chi connectivity index (χ3n) is 3.27. The van der Waals surface area contributed by atoms with E-state index in [1.807, 2.05) is 24.3 Å². The number of aliphatic imine (C=N–C) groups is 1. The SMILES string of the molecule is COc1ccc(N2C(N)=NCC2CC(C)(C)C)cc1. The van der Waals surface area contributed by atoms with Gasteiger partial charge in [0, 0.05) is 5.69 Å². The Bertz CT molecular complexity index is 459. The van der Waals surface area contributed by atoms with Crippen LogP contribution >= 0.6 is 0 Å². The summed E-state index contributed by atoms with van der Waals surface area (Å²) in [6, 6.07) is 8.31. The number of hydrogen-bond acceptors (Lipinski definition) is 4. The lowest BCUT2D eigenvalue weighted by Gasteiger charge is -2.31. The Hall–Kier alpha value is -1.71. The molecule has 1 heterocycles. The highest BCUT2D eigenvalue weighted by Gasteiger charge is 2.30. The Kier molecular flexibility index (Phi) is 3.69. The van der Waals surface area contributed by atoms with Gasteiger partial charge >= 0.3 is 0 Å². The van der Waals surface area contributed by atoms with Gasteiger partial charge in [0.25, 0.3) is 0 Å². The second-order valence-electron chi connectivity index (χ2n) is 6.19. The Balaban J connectivity index is 2.21. The van der Waals surface area contributed by atoms with Crippen molar-refractivity contribution in [2.75, 3.05) is 18.6 Å². The largest absolute Gasteiger partial charge is 0.497 e. The Morgan fingerprint density at radius 2 is 1.95 bits per heavy atom. The molecule has 4 heteroatoms. The topological polar surface area (TPSA) is 50.9 Å². The van der Waals surface area contributed by atoms with Gasteiger partial charge in [0.15, 0.2) is 5.96 Å². The fourth-order valence-electron chi connectivity index (χ4n) is 2.49. The molecular weight excluding hydrogens is 238 g/mol. The van der Waals surface area contributed by atoms with Crippen LogP contribution in [-0.2, 0) is 0 Å². The Morgan fingerprint density at radius 1 is 1.32 bits per heavy atom. The average molecular weight is 261 g/mol. The number of rotatable bonds is 3. The first-order valence-corrected chi connectivity index (χ1v) is 6.64. The second kappa shape index (κ2) is 5.11. The molecule has 1 aromatic rings. The van der Waals surface area contributed by atoms with E-state index in [0.717, 1.165) is 24.4 Å². The summed E-state index contributed by atoms with van der Waals surface area (Å²) < 4.78 is 5.19. The summed E-state index contributed by atoms with van der Waals surface area (Å²) in [6.07, 6.45) is 1.06. The van der Waals surface area contributed by atoms with Crippen molar-refractivity contribution in [1.82, 2.24) is 0 Å². The summed E-state index contributed by atoms with van der Waals surface area (Å²) in [5.74, 6) is 1.46. The van der Waals surface area contributed by atoms with Gasteiger partial charge in [0.1, 0.15) is 5.75 Å². The molecule has 1 unspecified atom stereocenters. The first-order chi connectivity index (χ1) is 8.90. The first kappa shape index (κ1) is 13.7. The molecule has 0 saturated carbocycles. The maximum Gasteiger partial charge on any atom is 0.196 e. The number of nitrogens with zero attached hydrogens (tertiary/aromatic N) is 2. The summed E-state index contributed by atoms with van der Waals surface area (Å²) in [5.41, 5.74) is 7.37. The van der Waals surface area contributed by atoms with Crippen molar-refractivity contribution in [3.05, 3.63) is 24.3 Å². The zero-order valence-electron chi connectivity index (χ0n) is 12.2. The van der Waals surface area contributed by atoms with Crippen LogP contribution in [0.5, 0.6) is 5.75 Å². The molecule has 0 radical (unpaired) electrons. The Morgan fingerprint density at radius 3 is 2.47 bits per heavy atom. The minimum atomic E-state index is 0.259. The third kappa shape index (κ3) is 3.19. The lowest BCUT2D eigenvalue weighted by Crippen LogP contribution is -2.42. The molecule has 1 atom stereocenters. The van der Waals surface area contributed by atoms with Gasteiger partial charge in [0.2, 0.25) is 0 Å². The summed E-state index contributed by atoms with van der Waals surface area (Å²) >= 11 is 0. The van der Waals surface area contributed by atoms with Gasteiger partial charge in [-0.2, -0.15) is 0 Å². The van der Waals surface area contributed by atoms with E-state index in [4.69, 9.17) is 10.5 Å². The number of anilines is 1. The molecule has 0 aliphatic carbocycles. The molecule has 0 spiro atoms. The zero-order chi connectivity index (χ0) is 14.0. The van der Waals surface area contributed by atoms with E-state index in [9.17, 15) is 0 Å². The quantitative estimate of drug-likeness (QED) is 0.910. The standard InChI is InChI=1S/C15H23N3O/c1-15(2,3)9-12-10-17-14(16)18(12)11-5-7-13(19-4)8-6-11/h5-8,12H,9-10H2,1-4H3,(H2,16,17). The molecule has 104 valence electrons. The molecular formula is C15H23N3O. The van der Waals surface area contributed by atoms with Crippen LogP contribution < -0.4 is 15.4 Å². The molecule has 4 nitrogen and oxygen atoms in total. The number of hydrogen-bond donors (Lipinski definition) is 1. The summed E-state index contributed by atoms with van der Waals surface area (Å²) in [5, 5.41) is 0. The van der Waals surface area contributed by atoms with E-state index in [1.54, 1.807) is 7.11 Å². The van der Waals surface area contributed by atoms with Crippen molar-refractivity contribution in [2.45, 2.75) is 33.2 Å². The van der Waals surface area contributed by atoms with Crippen LogP contribution in [0, 0.1) is 5.41 Å². The molecule has 0 saturated heterocycles. The normalized spacial score (nSPS) is 19.5. The van der Waals surface area contributed by atoms with Gasteiger partial charge in [-0.1, -0.05) is 20.8 Å². The molecule has 0 amide bonds. The van der Waals surface area contributed by atoms with Gasteiger partial charge in [0.05, 0.1) is 19.7 Å². The summed E-state index contributed by atoms with van der Waals surface area (Å²) in [7, 11) is 1.67. The monoisotopic (exact) mass is 261 g/mol.